The zero-order valence-corrected chi connectivity index (χ0v) is 11.6. The number of nitrogens with zero attached hydrogens (tertiary/aromatic N) is 1. The number of anilines is 2. The van der Waals surface area contributed by atoms with Gasteiger partial charge in [0.2, 0.25) is 5.91 Å². The Bertz CT molecular complexity index is 448. The average molecular weight is 285 g/mol. The van der Waals surface area contributed by atoms with Crippen LogP contribution in [0.15, 0.2) is 18.2 Å². The Hall–Kier alpha value is -1.30. The number of carbonyl (C=O) groups excluding carboxylic acids is 1. The summed E-state index contributed by atoms with van der Waals surface area (Å²) < 4.78 is 10.1. The number of halogens is 1. The number of nitrogens with one attached hydrogen (secondary N) is 1. The molecule has 1 aliphatic rings. The lowest BCUT2D eigenvalue weighted by Crippen LogP contribution is -2.36. The maximum absolute atomic E-state index is 11.6. The molecule has 1 aliphatic heterocycles. The molecule has 0 spiro atoms. The van der Waals surface area contributed by atoms with Gasteiger partial charge >= 0.3 is 0 Å². The molecule has 0 aliphatic carbocycles. The van der Waals surface area contributed by atoms with Gasteiger partial charge in [0, 0.05) is 25.2 Å². The molecule has 0 bridgehead atoms. The fourth-order valence-electron chi connectivity index (χ4n) is 2.01. The highest BCUT2D eigenvalue weighted by Gasteiger charge is 2.16. The Kier molecular flexibility index (Phi) is 5.01. The summed E-state index contributed by atoms with van der Waals surface area (Å²) in [5, 5.41) is 3.41. The number of carbonyl (C=O) groups is 1. The first kappa shape index (κ1) is 14.1. The second kappa shape index (κ2) is 6.75. The third-order valence-corrected chi connectivity index (χ3v) is 3.09. The van der Waals surface area contributed by atoms with Gasteiger partial charge in [0.05, 0.1) is 24.6 Å². The van der Waals surface area contributed by atoms with Crippen LogP contribution in [0.5, 0.6) is 0 Å². The number of benzene rings is 1. The average Bonchev–Trinajstić information content (AvgIpc) is 2.40. The zero-order chi connectivity index (χ0) is 13.7. The van der Waals surface area contributed by atoms with Crippen molar-refractivity contribution in [2.75, 3.05) is 50.2 Å². The van der Waals surface area contributed by atoms with E-state index in [-0.39, 0.29) is 12.5 Å². The lowest BCUT2D eigenvalue weighted by Gasteiger charge is -2.30. The highest BCUT2D eigenvalue weighted by atomic mass is 35.5. The highest BCUT2D eigenvalue weighted by molar-refractivity contribution is 6.31. The van der Waals surface area contributed by atoms with Gasteiger partial charge in [-0.3, -0.25) is 4.79 Å². The third kappa shape index (κ3) is 3.83. The van der Waals surface area contributed by atoms with Crippen LogP contribution in [0.2, 0.25) is 5.02 Å². The summed E-state index contributed by atoms with van der Waals surface area (Å²) in [6.07, 6.45) is 0. The summed E-state index contributed by atoms with van der Waals surface area (Å²) in [6, 6.07) is 5.48. The van der Waals surface area contributed by atoms with E-state index in [2.05, 4.69) is 10.2 Å². The minimum atomic E-state index is -0.195. The molecule has 1 amide bonds. The summed E-state index contributed by atoms with van der Waals surface area (Å²) in [4.78, 5) is 13.8. The van der Waals surface area contributed by atoms with Gasteiger partial charge in [-0.25, -0.2) is 0 Å². The van der Waals surface area contributed by atoms with E-state index in [0.717, 1.165) is 18.8 Å². The third-order valence-electron chi connectivity index (χ3n) is 2.86. The van der Waals surface area contributed by atoms with Crippen LogP contribution in [-0.4, -0.2) is 45.9 Å². The van der Waals surface area contributed by atoms with Gasteiger partial charge in [0.25, 0.3) is 0 Å². The van der Waals surface area contributed by atoms with Gasteiger partial charge in [-0.2, -0.15) is 0 Å². The molecule has 0 saturated carbocycles. The first-order valence-corrected chi connectivity index (χ1v) is 6.49. The van der Waals surface area contributed by atoms with Crippen LogP contribution < -0.4 is 10.2 Å². The molecular weight excluding hydrogens is 268 g/mol. The molecule has 0 atom stereocenters. The molecule has 1 heterocycles. The van der Waals surface area contributed by atoms with Gasteiger partial charge in [-0.05, 0) is 18.2 Å². The highest BCUT2D eigenvalue weighted by Crippen LogP contribution is 2.29. The zero-order valence-electron chi connectivity index (χ0n) is 10.8. The Labute approximate surface area is 117 Å². The molecule has 0 radical (unpaired) electrons. The van der Waals surface area contributed by atoms with E-state index in [0.29, 0.717) is 23.9 Å². The predicted molar refractivity (Wildman–Crippen MR) is 75.0 cm³/mol. The minimum Gasteiger partial charge on any atom is -0.378 e. The Morgan fingerprint density at radius 1 is 1.47 bits per heavy atom. The van der Waals surface area contributed by atoms with Crippen molar-refractivity contribution < 1.29 is 14.3 Å². The van der Waals surface area contributed by atoms with Gasteiger partial charge in [0.1, 0.15) is 6.61 Å². The number of hydrogen-bond donors (Lipinski definition) is 1. The van der Waals surface area contributed by atoms with Crippen LogP contribution in [-0.2, 0) is 14.3 Å². The number of methoxy groups -OCH3 is 1. The van der Waals surface area contributed by atoms with Crippen molar-refractivity contribution in [3.05, 3.63) is 23.2 Å². The van der Waals surface area contributed by atoms with Crippen LogP contribution >= 0.6 is 11.6 Å². The summed E-state index contributed by atoms with van der Waals surface area (Å²) in [6.45, 7) is 3.00. The first-order valence-electron chi connectivity index (χ1n) is 6.12. The lowest BCUT2D eigenvalue weighted by molar-refractivity contribution is -0.119. The van der Waals surface area contributed by atoms with Gasteiger partial charge < -0.3 is 19.7 Å². The number of morpholine rings is 1. The summed E-state index contributed by atoms with van der Waals surface area (Å²) in [5.74, 6) is -0.195. The Morgan fingerprint density at radius 2 is 2.21 bits per heavy atom. The molecular formula is C13H17ClN2O3. The molecule has 1 N–H and O–H groups in total. The molecule has 1 saturated heterocycles. The van der Waals surface area contributed by atoms with Crippen LogP contribution in [0.1, 0.15) is 0 Å². The molecule has 5 nitrogen and oxygen atoms in total. The van der Waals surface area contributed by atoms with Crippen molar-refractivity contribution in [3.63, 3.8) is 0 Å². The number of amides is 1. The predicted octanol–water partition coefficient (Wildman–Crippen LogP) is 1.76. The number of rotatable bonds is 4. The van der Waals surface area contributed by atoms with Crippen LogP contribution in [0.25, 0.3) is 0 Å². The van der Waals surface area contributed by atoms with E-state index in [9.17, 15) is 4.79 Å². The fraction of sp³-hybridized carbons (Fsp3) is 0.462. The molecule has 1 fully saturated rings. The van der Waals surface area contributed by atoms with E-state index in [1.54, 1.807) is 6.07 Å². The lowest BCUT2D eigenvalue weighted by atomic mass is 10.2. The monoisotopic (exact) mass is 284 g/mol. The topological polar surface area (TPSA) is 50.8 Å². The van der Waals surface area contributed by atoms with Gasteiger partial charge in [-0.1, -0.05) is 11.6 Å². The molecule has 19 heavy (non-hydrogen) atoms. The summed E-state index contributed by atoms with van der Waals surface area (Å²) in [5.41, 5.74) is 1.66. The second-order valence-corrected chi connectivity index (χ2v) is 4.68. The van der Waals surface area contributed by atoms with Crippen molar-refractivity contribution in [2.45, 2.75) is 0 Å². The second-order valence-electron chi connectivity index (χ2n) is 4.24. The largest absolute Gasteiger partial charge is 0.378 e. The fourth-order valence-corrected chi connectivity index (χ4v) is 2.18. The van der Waals surface area contributed by atoms with Crippen molar-refractivity contribution in [2.24, 2.45) is 0 Å². The van der Waals surface area contributed by atoms with Crippen molar-refractivity contribution in [3.8, 4) is 0 Å². The van der Waals surface area contributed by atoms with E-state index in [1.165, 1.54) is 7.11 Å². The van der Waals surface area contributed by atoms with E-state index < -0.39 is 0 Å². The van der Waals surface area contributed by atoms with Crippen LogP contribution in [0, 0.1) is 0 Å². The van der Waals surface area contributed by atoms with Crippen molar-refractivity contribution in [1.29, 1.82) is 0 Å². The molecule has 0 aromatic heterocycles. The van der Waals surface area contributed by atoms with Crippen LogP contribution in [0.3, 0.4) is 0 Å². The first-order chi connectivity index (χ1) is 9.20. The number of ether oxygens (including phenoxy) is 2. The molecule has 1 aromatic carbocycles. The Morgan fingerprint density at radius 3 is 2.89 bits per heavy atom. The van der Waals surface area contributed by atoms with Crippen LogP contribution in [0.4, 0.5) is 11.4 Å². The smallest absolute Gasteiger partial charge is 0.250 e. The van der Waals surface area contributed by atoms with Gasteiger partial charge in [-0.15, -0.1) is 0 Å². The van der Waals surface area contributed by atoms with Gasteiger partial charge in [0.15, 0.2) is 0 Å². The number of hydrogen-bond acceptors (Lipinski definition) is 4. The SMILES string of the molecule is COCC(=O)Nc1cc(Cl)ccc1N1CCOCC1. The maximum atomic E-state index is 11.6. The van der Waals surface area contributed by atoms with E-state index in [1.807, 2.05) is 12.1 Å². The molecule has 1 aromatic rings. The Balaban J connectivity index is 2.19. The maximum Gasteiger partial charge on any atom is 0.250 e. The van der Waals surface area contributed by atoms with E-state index in [4.69, 9.17) is 21.1 Å². The quantitative estimate of drug-likeness (QED) is 0.915. The molecule has 2 rings (SSSR count). The summed E-state index contributed by atoms with van der Waals surface area (Å²) in [7, 11) is 1.49. The standard InChI is InChI=1S/C13H17ClN2O3/c1-18-9-13(17)15-11-8-10(14)2-3-12(11)16-4-6-19-7-5-16/h2-3,8H,4-7,9H2,1H3,(H,15,17). The summed E-state index contributed by atoms with van der Waals surface area (Å²) >= 11 is 5.99. The van der Waals surface area contributed by atoms with Crippen molar-refractivity contribution >= 4 is 28.9 Å². The minimum absolute atomic E-state index is 0.0229. The molecule has 6 heteroatoms. The van der Waals surface area contributed by atoms with E-state index >= 15 is 0 Å². The molecule has 0 unspecified atom stereocenters. The normalized spacial score (nSPS) is 15.4. The molecule has 104 valence electrons. The van der Waals surface area contributed by atoms with Crippen molar-refractivity contribution in [1.82, 2.24) is 0 Å².